The van der Waals surface area contributed by atoms with Crippen LogP contribution in [-0.4, -0.2) is 25.5 Å². The maximum atomic E-state index is 6.27. The number of hydrogen-bond acceptors (Lipinski definition) is 4. The van der Waals surface area contributed by atoms with Crippen molar-refractivity contribution >= 4 is 11.6 Å². The maximum Gasteiger partial charge on any atom is 0.177 e. The zero-order chi connectivity index (χ0) is 18.5. The summed E-state index contributed by atoms with van der Waals surface area (Å²) in [7, 11) is 0. The maximum absolute atomic E-state index is 6.27. The molecular weight excluding hydrogens is 350 g/mol. The lowest BCUT2D eigenvalue weighted by molar-refractivity contribution is -0.200. The molecule has 0 saturated carbocycles. The average Bonchev–Trinajstić information content (AvgIpc) is 2.62. The van der Waals surface area contributed by atoms with Crippen LogP contribution in [0.15, 0.2) is 48.5 Å². The number of nitrogens with one attached hydrogen (secondary N) is 1. The van der Waals surface area contributed by atoms with Crippen LogP contribution in [0.2, 0.25) is 5.02 Å². The van der Waals surface area contributed by atoms with E-state index in [2.05, 4.69) is 17.4 Å². The Morgan fingerprint density at radius 2 is 1.88 bits per heavy atom. The van der Waals surface area contributed by atoms with Crippen molar-refractivity contribution in [1.82, 2.24) is 5.32 Å². The molecule has 1 saturated heterocycles. The van der Waals surface area contributed by atoms with Gasteiger partial charge in [0, 0.05) is 11.6 Å². The van der Waals surface area contributed by atoms with Crippen LogP contribution in [0, 0.1) is 0 Å². The van der Waals surface area contributed by atoms with E-state index in [1.54, 1.807) is 0 Å². The van der Waals surface area contributed by atoms with Gasteiger partial charge in [0.2, 0.25) is 0 Å². The van der Waals surface area contributed by atoms with Crippen LogP contribution in [0.4, 0.5) is 0 Å². The van der Waals surface area contributed by atoms with E-state index >= 15 is 0 Å². The molecule has 0 aliphatic carbocycles. The predicted octanol–water partition coefficient (Wildman–Crippen LogP) is 4.89. The molecule has 1 N–H and O–H groups in total. The van der Waals surface area contributed by atoms with Gasteiger partial charge >= 0.3 is 0 Å². The molecule has 1 heterocycles. The third-order valence-electron chi connectivity index (χ3n) is 4.25. The first-order chi connectivity index (χ1) is 12.5. The van der Waals surface area contributed by atoms with Gasteiger partial charge in [-0.2, -0.15) is 0 Å². The van der Waals surface area contributed by atoms with Crippen molar-refractivity contribution in [2.45, 2.75) is 45.3 Å². The highest BCUT2D eigenvalue weighted by atomic mass is 35.5. The monoisotopic (exact) mass is 375 g/mol. The number of halogens is 1. The van der Waals surface area contributed by atoms with Gasteiger partial charge in [0.15, 0.2) is 6.29 Å². The summed E-state index contributed by atoms with van der Waals surface area (Å²) in [4.78, 5) is 0. The first-order valence-corrected chi connectivity index (χ1v) is 9.43. The van der Waals surface area contributed by atoms with Crippen molar-refractivity contribution < 1.29 is 14.2 Å². The first kappa shape index (κ1) is 19.2. The summed E-state index contributed by atoms with van der Waals surface area (Å²) in [6.45, 7) is 7.42. The van der Waals surface area contributed by atoms with Crippen LogP contribution in [-0.2, 0) is 9.47 Å². The Kier molecular flexibility index (Phi) is 6.54. The van der Waals surface area contributed by atoms with Crippen molar-refractivity contribution in [2.75, 3.05) is 13.2 Å². The average molecular weight is 376 g/mol. The number of rotatable bonds is 6. The minimum atomic E-state index is -0.366. The first-order valence-electron chi connectivity index (χ1n) is 9.05. The summed E-state index contributed by atoms with van der Waals surface area (Å²) in [5, 5.41) is 4.13. The van der Waals surface area contributed by atoms with Crippen LogP contribution in [0.1, 0.15) is 44.0 Å². The quantitative estimate of drug-likeness (QED) is 0.780. The molecule has 1 aliphatic rings. The molecule has 140 valence electrons. The third kappa shape index (κ3) is 4.98. The number of benzene rings is 2. The number of ether oxygens (including phenoxy) is 3. The molecule has 0 radical (unpaired) electrons. The smallest absolute Gasteiger partial charge is 0.177 e. The molecule has 1 fully saturated rings. The van der Waals surface area contributed by atoms with Crippen molar-refractivity contribution in [3.05, 3.63) is 64.7 Å². The highest BCUT2D eigenvalue weighted by Gasteiger charge is 2.29. The summed E-state index contributed by atoms with van der Waals surface area (Å²) in [6, 6.07) is 15.9. The molecule has 3 rings (SSSR count). The molecule has 4 nitrogen and oxygen atoms in total. The molecule has 5 heteroatoms. The van der Waals surface area contributed by atoms with Crippen LogP contribution in [0.25, 0.3) is 0 Å². The van der Waals surface area contributed by atoms with Crippen LogP contribution < -0.4 is 10.1 Å². The Morgan fingerprint density at radius 3 is 2.62 bits per heavy atom. The molecule has 0 bridgehead atoms. The third-order valence-corrected chi connectivity index (χ3v) is 4.47. The zero-order valence-corrected chi connectivity index (χ0v) is 16.2. The van der Waals surface area contributed by atoms with Gasteiger partial charge in [-0.15, -0.1) is 0 Å². The fourth-order valence-corrected chi connectivity index (χ4v) is 3.31. The van der Waals surface area contributed by atoms with Crippen molar-refractivity contribution in [3.63, 3.8) is 0 Å². The fourth-order valence-electron chi connectivity index (χ4n) is 3.07. The lowest BCUT2D eigenvalue weighted by atomic mass is 10.0. The van der Waals surface area contributed by atoms with Gasteiger partial charge in [0.25, 0.3) is 0 Å². The van der Waals surface area contributed by atoms with Gasteiger partial charge in [-0.1, -0.05) is 41.9 Å². The summed E-state index contributed by atoms with van der Waals surface area (Å²) in [5.74, 6) is 0.750. The molecule has 2 aromatic rings. The van der Waals surface area contributed by atoms with E-state index < -0.39 is 0 Å². The van der Waals surface area contributed by atoms with Gasteiger partial charge in [-0.3, -0.25) is 0 Å². The second kappa shape index (κ2) is 8.87. The van der Waals surface area contributed by atoms with Crippen molar-refractivity contribution in [1.29, 1.82) is 0 Å². The Bertz CT molecular complexity index is 708. The van der Waals surface area contributed by atoms with E-state index in [0.29, 0.717) is 11.6 Å². The molecule has 2 unspecified atom stereocenters. The highest BCUT2D eigenvalue weighted by molar-refractivity contribution is 6.30. The highest BCUT2D eigenvalue weighted by Crippen LogP contribution is 2.31. The molecule has 3 atom stereocenters. The van der Waals surface area contributed by atoms with E-state index in [1.807, 2.05) is 57.2 Å². The van der Waals surface area contributed by atoms with E-state index in [9.17, 15) is 0 Å². The predicted molar refractivity (Wildman–Crippen MR) is 104 cm³/mol. The fraction of sp³-hybridized carbons (Fsp3) is 0.429. The lowest BCUT2D eigenvalue weighted by Gasteiger charge is -2.34. The second-order valence-electron chi connectivity index (χ2n) is 6.75. The molecule has 0 spiro atoms. The normalized spacial score (nSPS) is 21.6. The van der Waals surface area contributed by atoms with E-state index in [0.717, 1.165) is 23.4 Å². The second-order valence-corrected chi connectivity index (χ2v) is 7.18. The molecule has 26 heavy (non-hydrogen) atoms. The van der Waals surface area contributed by atoms with Crippen LogP contribution in [0.5, 0.6) is 5.75 Å². The lowest BCUT2D eigenvalue weighted by Crippen LogP contribution is -2.43. The van der Waals surface area contributed by atoms with Crippen LogP contribution >= 0.6 is 11.6 Å². The molecule has 2 aromatic carbocycles. The SMILES string of the molecule is CC(C)Oc1cc(Cl)cc([C@@H](C)OC2OCCNC2c2ccccc2)c1. The van der Waals surface area contributed by atoms with Gasteiger partial charge in [0.1, 0.15) is 5.75 Å². The molecular formula is C21H26ClNO3. The topological polar surface area (TPSA) is 39.7 Å². The Hall–Kier alpha value is -1.59. The Morgan fingerprint density at radius 1 is 1.12 bits per heavy atom. The number of morpholine rings is 1. The minimum Gasteiger partial charge on any atom is -0.491 e. The van der Waals surface area contributed by atoms with Crippen molar-refractivity contribution in [3.8, 4) is 5.75 Å². The van der Waals surface area contributed by atoms with Crippen LogP contribution in [0.3, 0.4) is 0 Å². The van der Waals surface area contributed by atoms with Crippen molar-refractivity contribution in [2.24, 2.45) is 0 Å². The van der Waals surface area contributed by atoms with E-state index in [1.165, 1.54) is 0 Å². The van der Waals surface area contributed by atoms with Gasteiger partial charge in [-0.25, -0.2) is 0 Å². The molecule has 0 amide bonds. The summed E-state index contributed by atoms with van der Waals surface area (Å²) < 4.78 is 18.0. The molecule has 0 aromatic heterocycles. The van der Waals surface area contributed by atoms with E-state index in [4.69, 9.17) is 25.8 Å². The van der Waals surface area contributed by atoms with Gasteiger partial charge in [-0.05, 0) is 50.1 Å². The summed E-state index contributed by atoms with van der Waals surface area (Å²) >= 11 is 6.27. The van der Waals surface area contributed by atoms with Gasteiger partial charge in [0.05, 0.1) is 24.9 Å². The zero-order valence-electron chi connectivity index (χ0n) is 15.4. The Balaban J connectivity index is 1.75. The summed E-state index contributed by atoms with van der Waals surface area (Å²) in [6.07, 6.45) is -0.459. The summed E-state index contributed by atoms with van der Waals surface area (Å²) in [5.41, 5.74) is 2.12. The van der Waals surface area contributed by atoms with E-state index in [-0.39, 0.29) is 24.5 Å². The standard InChI is InChI=1S/C21H26ClNO3/c1-14(2)25-19-12-17(11-18(22)13-19)15(3)26-21-20(23-9-10-24-21)16-7-5-4-6-8-16/h4-8,11-15,20-21,23H,9-10H2,1-3H3/t15-,20?,21?/m1/s1. The minimum absolute atomic E-state index is 0.00188. The van der Waals surface area contributed by atoms with Gasteiger partial charge < -0.3 is 19.5 Å². The number of hydrogen-bond donors (Lipinski definition) is 1. The largest absolute Gasteiger partial charge is 0.491 e. The Labute approximate surface area is 160 Å². The molecule has 1 aliphatic heterocycles.